The van der Waals surface area contributed by atoms with Crippen LogP contribution in [0.3, 0.4) is 0 Å². The Morgan fingerprint density at radius 1 is 0.909 bits per heavy atom. The van der Waals surface area contributed by atoms with Crippen molar-refractivity contribution in [2.75, 3.05) is 0 Å². The molecule has 0 atom stereocenters. The summed E-state index contributed by atoms with van der Waals surface area (Å²) in [5.41, 5.74) is 9.43. The van der Waals surface area contributed by atoms with Gasteiger partial charge >= 0.3 is 0 Å². The van der Waals surface area contributed by atoms with Crippen LogP contribution in [0.4, 0.5) is 4.39 Å². The van der Waals surface area contributed by atoms with Gasteiger partial charge in [-0.15, -0.1) is 22.4 Å². The first kappa shape index (κ1) is 21.7. The third-order valence-corrected chi connectivity index (χ3v) is 6.79. The van der Waals surface area contributed by atoms with E-state index in [-0.39, 0.29) is 5.82 Å². The number of para-hydroxylation sites is 1. The van der Waals surface area contributed by atoms with Gasteiger partial charge in [-0.05, 0) is 35.4 Å². The van der Waals surface area contributed by atoms with Crippen LogP contribution in [0.1, 0.15) is 16.7 Å². The van der Waals surface area contributed by atoms with Gasteiger partial charge in [0.15, 0.2) is 5.84 Å². The lowest BCUT2D eigenvalue weighted by Gasteiger charge is -2.19. The Morgan fingerprint density at radius 2 is 1.67 bits per heavy atom. The fraction of sp³-hybridized carbons (Fsp3) is 0.0833. The topological polar surface area (TPSA) is 57.5 Å². The Balaban J connectivity index is 1.49. The van der Waals surface area contributed by atoms with Gasteiger partial charge in [-0.3, -0.25) is 5.01 Å². The van der Waals surface area contributed by atoms with E-state index in [4.69, 9.17) is 0 Å². The zero-order valence-corrected chi connectivity index (χ0v) is 19.9. The molecule has 3 aromatic carbocycles. The zero-order valence-electron chi connectivity index (χ0n) is 17.5. The summed E-state index contributed by atoms with van der Waals surface area (Å²) < 4.78 is 17.3. The van der Waals surface area contributed by atoms with Crippen LogP contribution in [0.2, 0.25) is 0 Å². The Kier molecular flexibility index (Phi) is 6.43. The zero-order chi connectivity index (χ0) is 22.6. The summed E-state index contributed by atoms with van der Waals surface area (Å²) in [5, 5.41) is 11.7. The van der Waals surface area contributed by atoms with E-state index in [0.29, 0.717) is 18.1 Å². The third kappa shape index (κ3) is 4.80. The second kappa shape index (κ2) is 9.78. The van der Waals surface area contributed by atoms with Gasteiger partial charge in [0.05, 0.1) is 18.3 Å². The number of nitrogens with one attached hydrogen (secondary N) is 2. The maximum Gasteiger partial charge on any atom is 0.177 e. The molecule has 33 heavy (non-hydrogen) atoms. The van der Waals surface area contributed by atoms with E-state index in [1.165, 1.54) is 11.6 Å². The van der Waals surface area contributed by atoms with Crippen molar-refractivity contribution in [1.82, 2.24) is 25.9 Å². The summed E-state index contributed by atoms with van der Waals surface area (Å²) >= 11 is 5.07. The van der Waals surface area contributed by atoms with E-state index in [1.807, 2.05) is 35.3 Å². The molecule has 0 fully saturated rings. The van der Waals surface area contributed by atoms with Crippen LogP contribution in [0.25, 0.3) is 5.69 Å². The molecule has 0 saturated carbocycles. The van der Waals surface area contributed by atoms with Crippen molar-refractivity contribution in [3.8, 4) is 5.69 Å². The first-order valence-corrected chi connectivity index (χ1v) is 12.1. The quantitative estimate of drug-likeness (QED) is 0.324. The van der Waals surface area contributed by atoms with Crippen LogP contribution in [0, 0.1) is 5.82 Å². The third-order valence-electron chi connectivity index (χ3n) is 5.12. The minimum absolute atomic E-state index is 0.329. The first-order valence-electron chi connectivity index (χ1n) is 10.3. The van der Waals surface area contributed by atoms with E-state index in [9.17, 15) is 4.39 Å². The molecular formula is C24H20BrFN6S. The Labute approximate surface area is 203 Å². The van der Waals surface area contributed by atoms with Gasteiger partial charge in [0.25, 0.3) is 0 Å². The number of thioether (sulfide) groups is 1. The molecule has 6 nitrogen and oxygen atoms in total. The number of amidine groups is 1. The maximum atomic E-state index is 14.7. The maximum absolute atomic E-state index is 14.7. The van der Waals surface area contributed by atoms with Crippen molar-refractivity contribution in [2.45, 2.75) is 17.3 Å². The monoisotopic (exact) mass is 522 g/mol. The molecule has 2 N–H and O–H groups in total. The summed E-state index contributed by atoms with van der Waals surface area (Å²) in [4.78, 5) is 0. The van der Waals surface area contributed by atoms with Gasteiger partial charge in [0.1, 0.15) is 16.5 Å². The molecule has 1 aromatic heterocycles. The number of halogens is 2. The predicted molar refractivity (Wildman–Crippen MR) is 132 cm³/mol. The lowest BCUT2D eigenvalue weighted by atomic mass is 10.2. The molecule has 1 aliphatic rings. The summed E-state index contributed by atoms with van der Waals surface area (Å²) in [7, 11) is 0. The van der Waals surface area contributed by atoms with Gasteiger partial charge < -0.3 is 0 Å². The summed E-state index contributed by atoms with van der Waals surface area (Å²) in [6.07, 6.45) is 1.74. The van der Waals surface area contributed by atoms with Crippen molar-refractivity contribution in [3.05, 3.63) is 112 Å². The molecule has 0 saturated heterocycles. The molecule has 166 valence electrons. The summed E-state index contributed by atoms with van der Waals surface area (Å²) in [5.74, 6) is 1.08. The van der Waals surface area contributed by atoms with Gasteiger partial charge in [-0.1, -0.05) is 70.5 Å². The SMILES string of the molecule is Fc1ccccc1-n1ncc(C2=NNNN2Cc2ccc(Br)cc2)c1SCc1ccccc1. The normalized spacial score (nSPS) is 13.2. The van der Waals surface area contributed by atoms with Gasteiger partial charge in [-0.25, -0.2) is 14.6 Å². The van der Waals surface area contributed by atoms with Gasteiger partial charge in [0, 0.05) is 10.2 Å². The molecule has 0 bridgehead atoms. The highest BCUT2D eigenvalue weighted by atomic mass is 79.9. The van der Waals surface area contributed by atoms with Crippen molar-refractivity contribution in [2.24, 2.45) is 5.10 Å². The van der Waals surface area contributed by atoms with Crippen LogP contribution < -0.4 is 11.1 Å². The molecule has 0 unspecified atom stereocenters. The van der Waals surface area contributed by atoms with Gasteiger partial charge in [-0.2, -0.15) is 5.10 Å². The van der Waals surface area contributed by atoms with Crippen molar-refractivity contribution in [1.29, 1.82) is 0 Å². The van der Waals surface area contributed by atoms with E-state index in [0.717, 1.165) is 26.4 Å². The molecule has 5 rings (SSSR count). The van der Waals surface area contributed by atoms with Gasteiger partial charge in [0.2, 0.25) is 0 Å². The molecule has 9 heteroatoms. The van der Waals surface area contributed by atoms with E-state index >= 15 is 0 Å². The number of hydrazine groups is 2. The highest BCUT2D eigenvalue weighted by molar-refractivity contribution is 9.10. The highest BCUT2D eigenvalue weighted by Gasteiger charge is 2.26. The molecule has 2 heterocycles. The van der Waals surface area contributed by atoms with Crippen LogP contribution in [-0.4, -0.2) is 20.6 Å². The second-order valence-electron chi connectivity index (χ2n) is 7.37. The Bertz CT molecular complexity index is 1280. The van der Waals surface area contributed by atoms with Crippen LogP contribution in [0.15, 0.2) is 99.7 Å². The standard InChI is InChI=1S/C24H20BrFN6S/c25-19-12-10-17(11-13-19)15-31-23(28-29-30-31)20-14-27-32(22-9-5-4-8-21(22)26)24(20)33-16-18-6-2-1-3-7-18/h1-14,29-30H,15-16H2. The number of benzene rings is 3. The number of hydrogen-bond donors (Lipinski definition) is 2. The Hall–Kier alpha value is -3.14. The summed E-state index contributed by atoms with van der Waals surface area (Å²) in [6.45, 7) is 0.590. The highest BCUT2D eigenvalue weighted by Crippen LogP contribution is 2.31. The molecule has 0 spiro atoms. The number of rotatable bonds is 7. The minimum Gasteiger partial charge on any atom is -0.266 e. The lowest BCUT2D eigenvalue weighted by Crippen LogP contribution is -2.40. The van der Waals surface area contributed by atoms with E-state index in [2.05, 4.69) is 61.5 Å². The second-order valence-corrected chi connectivity index (χ2v) is 9.25. The summed E-state index contributed by atoms with van der Waals surface area (Å²) in [6, 6.07) is 24.9. The average Bonchev–Trinajstić information content (AvgIpc) is 3.46. The fourth-order valence-electron chi connectivity index (χ4n) is 3.49. The smallest absolute Gasteiger partial charge is 0.177 e. The predicted octanol–water partition coefficient (Wildman–Crippen LogP) is 5.25. The van der Waals surface area contributed by atoms with Crippen molar-refractivity contribution >= 4 is 33.5 Å². The van der Waals surface area contributed by atoms with Crippen LogP contribution >= 0.6 is 27.7 Å². The van der Waals surface area contributed by atoms with E-state index < -0.39 is 0 Å². The van der Waals surface area contributed by atoms with E-state index in [1.54, 1.807) is 40.8 Å². The average molecular weight is 523 g/mol. The molecule has 0 aliphatic carbocycles. The molecular weight excluding hydrogens is 503 g/mol. The minimum atomic E-state index is -0.329. The number of hydrogen-bond acceptors (Lipinski definition) is 6. The number of hydrazone groups is 1. The fourth-order valence-corrected chi connectivity index (χ4v) is 4.82. The Morgan fingerprint density at radius 3 is 2.45 bits per heavy atom. The molecule has 4 aromatic rings. The van der Waals surface area contributed by atoms with Crippen molar-refractivity contribution in [3.63, 3.8) is 0 Å². The molecule has 1 aliphatic heterocycles. The lowest BCUT2D eigenvalue weighted by molar-refractivity contribution is 0.288. The largest absolute Gasteiger partial charge is 0.266 e. The molecule has 0 amide bonds. The van der Waals surface area contributed by atoms with Crippen LogP contribution in [0.5, 0.6) is 0 Å². The first-order chi connectivity index (χ1) is 16.2. The van der Waals surface area contributed by atoms with Crippen molar-refractivity contribution < 1.29 is 4.39 Å². The number of aromatic nitrogens is 2. The van der Waals surface area contributed by atoms with Crippen LogP contribution in [-0.2, 0) is 12.3 Å². The number of nitrogens with zero attached hydrogens (tertiary/aromatic N) is 4. The molecule has 0 radical (unpaired) electrons.